The van der Waals surface area contributed by atoms with E-state index in [0.29, 0.717) is 19.6 Å². The predicted molar refractivity (Wildman–Crippen MR) is 111 cm³/mol. The van der Waals surface area contributed by atoms with E-state index in [-0.39, 0.29) is 40.9 Å². The monoisotopic (exact) mass is 471 g/mol. The molecule has 1 N–H and O–H groups in total. The number of hydrogen-bond acceptors (Lipinski definition) is 6. The lowest BCUT2D eigenvalue weighted by Gasteiger charge is -2.34. The Hall–Kier alpha value is -3.15. The number of rotatable bonds is 6. The van der Waals surface area contributed by atoms with E-state index in [9.17, 15) is 22.0 Å². The minimum absolute atomic E-state index is 0.0929. The van der Waals surface area contributed by atoms with Crippen molar-refractivity contribution in [2.45, 2.75) is 31.9 Å². The molecule has 1 aliphatic rings. The number of hydrogen-bond donors (Lipinski definition) is 1. The van der Waals surface area contributed by atoms with Gasteiger partial charge in [0.25, 0.3) is 0 Å². The number of aromatic nitrogens is 3. The van der Waals surface area contributed by atoms with Gasteiger partial charge < -0.3 is 14.8 Å². The number of piperidine rings is 1. The highest BCUT2D eigenvalue weighted by Gasteiger charge is 2.33. The summed E-state index contributed by atoms with van der Waals surface area (Å²) >= 11 is 0. The molecule has 2 aromatic heterocycles. The van der Waals surface area contributed by atoms with Gasteiger partial charge in [-0.3, -0.25) is 9.30 Å². The summed E-state index contributed by atoms with van der Waals surface area (Å²) in [6.07, 6.45) is -4.39. The first-order chi connectivity index (χ1) is 15.7. The van der Waals surface area contributed by atoms with Gasteiger partial charge in [-0.1, -0.05) is 6.92 Å². The molecule has 0 spiro atoms. The van der Waals surface area contributed by atoms with Crippen LogP contribution in [0.1, 0.15) is 13.3 Å². The Morgan fingerprint density at radius 2 is 1.97 bits per heavy atom. The van der Waals surface area contributed by atoms with E-state index in [0.717, 1.165) is 12.1 Å². The van der Waals surface area contributed by atoms with E-state index in [4.69, 9.17) is 4.74 Å². The van der Waals surface area contributed by atoms with Crippen molar-refractivity contribution in [1.82, 2.24) is 19.5 Å². The van der Waals surface area contributed by atoms with Crippen molar-refractivity contribution in [2.24, 2.45) is 0 Å². The molecule has 0 unspecified atom stereocenters. The molecule has 0 amide bonds. The molecule has 1 aromatic carbocycles. The predicted octanol–water partition coefficient (Wildman–Crippen LogP) is 4.29. The van der Waals surface area contributed by atoms with Crippen molar-refractivity contribution >= 4 is 11.5 Å². The Bertz CT molecular complexity index is 1140. The Morgan fingerprint density at radius 1 is 1.18 bits per heavy atom. The number of likely N-dealkylation sites (N-methyl/N-ethyl adjacent to an activating group) is 1. The molecular weight excluding hydrogens is 449 g/mol. The summed E-state index contributed by atoms with van der Waals surface area (Å²) in [5.41, 5.74) is -0.356. The lowest BCUT2D eigenvalue weighted by atomic mass is 10.0. The highest BCUT2D eigenvalue weighted by molar-refractivity contribution is 5.82. The van der Waals surface area contributed by atoms with E-state index in [1.165, 1.54) is 29.8 Å². The van der Waals surface area contributed by atoms with Gasteiger partial charge in [0, 0.05) is 43.4 Å². The van der Waals surface area contributed by atoms with Gasteiger partial charge in [-0.2, -0.15) is 0 Å². The molecule has 1 aliphatic heterocycles. The standard InChI is InChI=1S/C21H22F5N5O2/c1-3-30-10-12(22)8-13(11-30)27-20-29-28-18(19-16(23)6-7-31(19)20)15-5-4-14(32-2)9-17(15)33-21(24,25)26/h4-7,9,12-13H,3,8,10-11H2,1-2H3,(H,27,29)/t12-,13-/m1/s1. The number of anilines is 1. The molecule has 4 rings (SSSR count). The van der Waals surface area contributed by atoms with E-state index in [1.54, 1.807) is 0 Å². The van der Waals surface area contributed by atoms with Gasteiger partial charge in [-0.15, -0.1) is 23.4 Å². The van der Waals surface area contributed by atoms with Gasteiger partial charge in [0.2, 0.25) is 5.95 Å². The molecule has 0 bridgehead atoms. The molecule has 7 nitrogen and oxygen atoms in total. The lowest BCUT2D eigenvalue weighted by molar-refractivity contribution is -0.274. The first kappa shape index (κ1) is 23.0. The fourth-order valence-electron chi connectivity index (χ4n) is 3.99. The van der Waals surface area contributed by atoms with Gasteiger partial charge in [0.1, 0.15) is 28.9 Å². The van der Waals surface area contributed by atoms with Gasteiger partial charge >= 0.3 is 6.36 Å². The second-order valence-corrected chi connectivity index (χ2v) is 7.69. The zero-order valence-corrected chi connectivity index (χ0v) is 17.9. The summed E-state index contributed by atoms with van der Waals surface area (Å²) in [6, 6.07) is 4.59. The van der Waals surface area contributed by atoms with Crippen LogP contribution in [-0.2, 0) is 0 Å². The van der Waals surface area contributed by atoms with Gasteiger partial charge in [0.15, 0.2) is 5.82 Å². The Labute approximate surface area is 186 Å². The molecule has 0 saturated carbocycles. The minimum Gasteiger partial charge on any atom is -0.497 e. The van der Waals surface area contributed by atoms with E-state index < -0.39 is 24.1 Å². The molecule has 178 valence electrons. The second-order valence-electron chi connectivity index (χ2n) is 7.69. The summed E-state index contributed by atoms with van der Waals surface area (Å²) in [4.78, 5) is 1.94. The second kappa shape index (κ2) is 9.00. The number of nitrogens with one attached hydrogen (secondary N) is 1. The number of ether oxygens (including phenoxy) is 2. The fourth-order valence-corrected chi connectivity index (χ4v) is 3.99. The highest BCUT2D eigenvalue weighted by Crippen LogP contribution is 2.38. The summed E-state index contributed by atoms with van der Waals surface area (Å²) in [5, 5.41) is 11.2. The third-order valence-electron chi connectivity index (χ3n) is 5.46. The number of methoxy groups -OCH3 is 1. The first-order valence-corrected chi connectivity index (χ1v) is 10.3. The van der Waals surface area contributed by atoms with Gasteiger partial charge in [-0.05, 0) is 24.7 Å². The number of alkyl halides is 4. The van der Waals surface area contributed by atoms with Crippen LogP contribution in [0.25, 0.3) is 16.8 Å². The number of halogens is 5. The molecule has 0 radical (unpaired) electrons. The molecule has 1 fully saturated rings. The van der Waals surface area contributed by atoms with E-state index in [2.05, 4.69) is 20.3 Å². The summed E-state index contributed by atoms with van der Waals surface area (Å²) in [5.74, 6) is -1.04. The number of fused-ring (bicyclic) bond motifs is 1. The fraction of sp³-hybridized carbons (Fsp3) is 0.429. The van der Waals surface area contributed by atoms with E-state index in [1.807, 2.05) is 11.8 Å². The van der Waals surface area contributed by atoms with Crippen LogP contribution < -0.4 is 14.8 Å². The van der Waals surface area contributed by atoms with Gasteiger partial charge in [-0.25, -0.2) is 8.78 Å². The average Bonchev–Trinajstić information content (AvgIpc) is 3.15. The van der Waals surface area contributed by atoms with Crippen LogP contribution >= 0.6 is 0 Å². The van der Waals surface area contributed by atoms with Crippen molar-refractivity contribution in [3.63, 3.8) is 0 Å². The number of likely N-dealkylation sites (tertiary alicyclic amines) is 1. The minimum atomic E-state index is -4.98. The van der Waals surface area contributed by atoms with Crippen LogP contribution in [0, 0.1) is 5.82 Å². The van der Waals surface area contributed by atoms with Crippen molar-refractivity contribution in [1.29, 1.82) is 0 Å². The molecule has 0 aliphatic carbocycles. The lowest BCUT2D eigenvalue weighted by Crippen LogP contribution is -2.47. The van der Waals surface area contributed by atoms with Crippen LogP contribution in [-0.4, -0.2) is 64.8 Å². The molecule has 3 aromatic rings. The quantitative estimate of drug-likeness (QED) is 0.542. The summed E-state index contributed by atoms with van der Waals surface area (Å²) < 4.78 is 78.4. The Kier molecular flexibility index (Phi) is 6.28. The van der Waals surface area contributed by atoms with E-state index >= 15 is 0 Å². The smallest absolute Gasteiger partial charge is 0.497 e. The van der Waals surface area contributed by atoms with Crippen molar-refractivity contribution in [3.05, 3.63) is 36.3 Å². The average molecular weight is 471 g/mol. The Balaban J connectivity index is 1.75. The molecule has 3 heterocycles. The first-order valence-electron chi connectivity index (χ1n) is 10.3. The molecular formula is C21H22F5N5O2. The molecule has 33 heavy (non-hydrogen) atoms. The van der Waals surface area contributed by atoms with Crippen molar-refractivity contribution in [2.75, 3.05) is 32.1 Å². The maximum atomic E-state index is 14.8. The van der Waals surface area contributed by atoms with Crippen LogP contribution in [0.15, 0.2) is 30.5 Å². The highest BCUT2D eigenvalue weighted by atomic mass is 19.4. The normalized spacial score (nSPS) is 19.6. The summed E-state index contributed by atoms with van der Waals surface area (Å²) in [6.45, 7) is 3.51. The van der Waals surface area contributed by atoms with Crippen molar-refractivity contribution in [3.8, 4) is 22.8 Å². The SMILES string of the molecule is CCN1C[C@H](F)C[C@@H](Nc2nnc(-c3ccc(OC)cc3OC(F)(F)F)c3c(F)ccn23)C1. The summed E-state index contributed by atoms with van der Waals surface area (Å²) in [7, 11) is 1.30. The molecule has 2 atom stereocenters. The van der Waals surface area contributed by atoms with Gasteiger partial charge in [0.05, 0.1) is 7.11 Å². The number of benzene rings is 1. The third kappa shape index (κ3) is 4.95. The topological polar surface area (TPSA) is 63.9 Å². The third-order valence-corrected chi connectivity index (χ3v) is 5.46. The van der Waals surface area contributed by atoms with Crippen LogP contribution in [0.2, 0.25) is 0 Å². The van der Waals surface area contributed by atoms with Crippen LogP contribution in [0.5, 0.6) is 11.5 Å². The van der Waals surface area contributed by atoms with Crippen LogP contribution in [0.3, 0.4) is 0 Å². The maximum absolute atomic E-state index is 14.8. The zero-order valence-electron chi connectivity index (χ0n) is 17.9. The van der Waals surface area contributed by atoms with Crippen LogP contribution in [0.4, 0.5) is 27.9 Å². The molecule has 1 saturated heterocycles. The maximum Gasteiger partial charge on any atom is 0.573 e. The zero-order chi connectivity index (χ0) is 23.8. The van der Waals surface area contributed by atoms with Crippen molar-refractivity contribution < 1.29 is 31.4 Å². The molecule has 12 heteroatoms. The largest absolute Gasteiger partial charge is 0.573 e. The Morgan fingerprint density at radius 3 is 2.67 bits per heavy atom. The number of nitrogens with zero attached hydrogens (tertiary/aromatic N) is 4.